The van der Waals surface area contributed by atoms with E-state index in [0.717, 1.165) is 24.5 Å². The summed E-state index contributed by atoms with van der Waals surface area (Å²) in [4.78, 5) is 18.7. The third-order valence-corrected chi connectivity index (χ3v) is 4.82. The van der Waals surface area contributed by atoms with Gasteiger partial charge in [-0.3, -0.25) is 14.3 Å². The summed E-state index contributed by atoms with van der Waals surface area (Å²) in [7, 11) is 0. The molecule has 1 fully saturated rings. The summed E-state index contributed by atoms with van der Waals surface area (Å²) in [5.74, 6) is 0. The Hall–Kier alpha value is -1.02. The largest absolute Gasteiger partial charge is 0.374 e. The molecule has 1 aliphatic heterocycles. The maximum atomic E-state index is 12.4. The molecule has 0 aliphatic carbocycles. The van der Waals surface area contributed by atoms with E-state index in [-0.39, 0.29) is 11.7 Å². The number of ether oxygens (including phenoxy) is 1. The van der Waals surface area contributed by atoms with E-state index in [9.17, 15) is 4.79 Å². The Morgan fingerprint density at radius 1 is 1.60 bits per heavy atom. The van der Waals surface area contributed by atoms with Crippen LogP contribution < -0.4 is 5.56 Å². The first-order valence-electron chi connectivity index (χ1n) is 6.73. The standard InChI is InChI=1S/C13H17N3O2S2/c1-2-15-4-5-18-9(7-15)8-16-12(17)10-3-6-20-11(10)14-13(16)19/h3,6,9H,2,4-5,7-8H2,1H3,(H,14,19). The summed E-state index contributed by atoms with van der Waals surface area (Å²) < 4.78 is 7.85. The van der Waals surface area contributed by atoms with E-state index in [4.69, 9.17) is 17.0 Å². The zero-order chi connectivity index (χ0) is 14.1. The molecule has 5 nitrogen and oxygen atoms in total. The average molecular weight is 311 g/mol. The van der Waals surface area contributed by atoms with Gasteiger partial charge in [-0.25, -0.2) is 0 Å². The Morgan fingerprint density at radius 2 is 2.45 bits per heavy atom. The van der Waals surface area contributed by atoms with Gasteiger partial charge in [0, 0.05) is 13.1 Å². The van der Waals surface area contributed by atoms with Crippen molar-refractivity contribution in [2.75, 3.05) is 26.2 Å². The van der Waals surface area contributed by atoms with Gasteiger partial charge in [-0.05, 0) is 30.2 Å². The van der Waals surface area contributed by atoms with E-state index < -0.39 is 0 Å². The van der Waals surface area contributed by atoms with E-state index in [1.165, 1.54) is 11.3 Å². The Kier molecular flexibility index (Phi) is 4.02. The molecule has 0 bridgehead atoms. The van der Waals surface area contributed by atoms with Crippen LogP contribution in [0, 0.1) is 4.77 Å². The first kappa shape index (κ1) is 13.9. The molecular formula is C13H17N3O2S2. The molecule has 1 atom stereocenters. The monoisotopic (exact) mass is 311 g/mol. The molecule has 0 amide bonds. The smallest absolute Gasteiger partial charge is 0.263 e. The molecule has 2 aromatic rings. The second kappa shape index (κ2) is 5.77. The molecule has 0 saturated carbocycles. The SMILES string of the molecule is CCN1CCOC(Cn2c(=S)[nH]c3sccc3c2=O)C1. The molecule has 20 heavy (non-hydrogen) atoms. The van der Waals surface area contributed by atoms with Crippen LogP contribution in [-0.4, -0.2) is 46.8 Å². The van der Waals surface area contributed by atoms with Crippen LogP contribution >= 0.6 is 23.6 Å². The normalized spacial score (nSPS) is 20.6. The fraction of sp³-hybridized carbons (Fsp3) is 0.538. The number of nitrogens with one attached hydrogen (secondary N) is 1. The number of thiophene rings is 1. The lowest BCUT2D eigenvalue weighted by Crippen LogP contribution is -2.45. The van der Waals surface area contributed by atoms with E-state index in [1.54, 1.807) is 4.57 Å². The first-order chi connectivity index (χ1) is 9.69. The number of likely N-dealkylation sites (N-methyl/N-ethyl adjacent to an activating group) is 1. The summed E-state index contributed by atoms with van der Waals surface area (Å²) >= 11 is 6.80. The zero-order valence-electron chi connectivity index (χ0n) is 11.3. The van der Waals surface area contributed by atoms with Gasteiger partial charge in [0.05, 0.1) is 24.6 Å². The molecular weight excluding hydrogens is 294 g/mol. The Labute approximate surface area is 125 Å². The maximum Gasteiger partial charge on any atom is 0.263 e. The molecule has 1 N–H and O–H groups in total. The molecule has 1 saturated heterocycles. The number of morpholine rings is 1. The lowest BCUT2D eigenvalue weighted by atomic mass is 10.2. The highest BCUT2D eigenvalue weighted by Gasteiger charge is 2.21. The van der Waals surface area contributed by atoms with Crippen molar-refractivity contribution in [3.63, 3.8) is 0 Å². The third kappa shape index (κ3) is 2.58. The van der Waals surface area contributed by atoms with Crippen LogP contribution in [0.2, 0.25) is 0 Å². The molecule has 108 valence electrons. The summed E-state index contributed by atoms with van der Waals surface area (Å²) in [6.45, 7) is 6.17. The number of aromatic amines is 1. The Balaban J connectivity index is 1.90. The van der Waals surface area contributed by atoms with Crippen molar-refractivity contribution in [1.29, 1.82) is 0 Å². The molecule has 3 rings (SSSR count). The van der Waals surface area contributed by atoms with Crippen molar-refractivity contribution >= 4 is 33.8 Å². The van der Waals surface area contributed by atoms with Crippen LogP contribution in [0.5, 0.6) is 0 Å². The summed E-state index contributed by atoms with van der Waals surface area (Å²) in [5, 5.41) is 2.60. The molecule has 2 aromatic heterocycles. The topological polar surface area (TPSA) is 50.3 Å². The number of hydrogen-bond donors (Lipinski definition) is 1. The van der Waals surface area contributed by atoms with E-state index >= 15 is 0 Å². The quantitative estimate of drug-likeness (QED) is 0.879. The van der Waals surface area contributed by atoms with E-state index in [1.807, 2.05) is 11.4 Å². The molecule has 0 aromatic carbocycles. The van der Waals surface area contributed by atoms with Gasteiger partial charge >= 0.3 is 0 Å². The van der Waals surface area contributed by atoms with E-state index in [0.29, 0.717) is 23.3 Å². The number of fused-ring (bicyclic) bond motifs is 1. The van der Waals surface area contributed by atoms with Crippen LogP contribution in [0.15, 0.2) is 16.2 Å². The second-order valence-electron chi connectivity index (χ2n) is 4.90. The maximum absolute atomic E-state index is 12.4. The zero-order valence-corrected chi connectivity index (χ0v) is 12.9. The number of hydrogen-bond acceptors (Lipinski definition) is 5. The lowest BCUT2D eigenvalue weighted by Gasteiger charge is -2.32. The molecule has 7 heteroatoms. The van der Waals surface area contributed by atoms with Gasteiger partial charge in [0.2, 0.25) is 0 Å². The molecule has 3 heterocycles. The summed E-state index contributed by atoms with van der Waals surface area (Å²) in [5.41, 5.74) is -0.0257. The minimum atomic E-state index is -0.0257. The fourth-order valence-corrected chi connectivity index (χ4v) is 3.63. The molecule has 0 radical (unpaired) electrons. The van der Waals surface area contributed by atoms with Gasteiger partial charge in [-0.15, -0.1) is 11.3 Å². The van der Waals surface area contributed by atoms with Crippen molar-refractivity contribution in [1.82, 2.24) is 14.5 Å². The molecule has 0 spiro atoms. The highest BCUT2D eigenvalue weighted by atomic mass is 32.1. The van der Waals surface area contributed by atoms with Crippen molar-refractivity contribution < 1.29 is 4.74 Å². The van der Waals surface area contributed by atoms with E-state index in [2.05, 4.69) is 16.8 Å². The van der Waals surface area contributed by atoms with Crippen LogP contribution in [0.3, 0.4) is 0 Å². The number of rotatable bonds is 3. The third-order valence-electron chi connectivity index (χ3n) is 3.66. The summed E-state index contributed by atoms with van der Waals surface area (Å²) in [6, 6.07) is 1.84. The second-order valence-corrected chi connectivity index (χ2v) is 6.20. The van der Waals surface area contributed by atoms with Gasteiger partial charge in [-0.2, -0.15) is 0 Å². The number of aromatic nitrogens is 2. The fourth-order valence-electron chi connectivity index (χ4n) is 2.52. The van der Waals surface area contributed by atoms with Gasteiger partial charge in [-0.1, -0.05) is 6.92 Å². The number of nitrogens with zero attached hydrogens (tertiary/aromatic N) is 2. The molecule has 1 aliphatic rings. The van der Waals surface area contributed by atoms with Crippen LogP contribution in [0.1, 0.15) is 6.92 Å². The van der Waals surface area contributed by atoms with Gasteiger partial charge in [0.15, 0.2) is 4.77 Å². The minimum Gasteiger partial charge on any atom is -0.374 e. The molecule has 1 unspecified atom stereocenters. The van der Waals surface area contributed by atoms with Gasteiger partial charge in [0.1, 0.15) is 4.83 Å². The Bertz CT molecular complexity index is 718. The number of H-pyrrole nitrogens is 1. The van der Waals surface area contributed by atoms with Crippen LogP contribution in [-0.2, 0) is 11.3 Å². The average Bonchev–Trinajstić information content (AvgIpc) is 2.92. The van der Waals surface area contributed by atoms with Crippen molar-refractivity contribution in [3.05, 3.63) is 26.6 Å². The van der Waals surface area contributed by atoms with Crippen molar-refractivity contribution in [2.45, 2.75) is 19.6 Å². The highest BCUT2D eigenvalue weighted by molar-refractivity contribution is 7.71. The van der Waals surface area contributed by atoms with Gasteiger partial charge in [0.25, 0.3) is 5.56 Å². The summed E-state index contributed by atoms with van der Waals surface area (Å²) in [6.07, 6.45) is 0.0209. The lowest BCUT2D eigenvalue weighted by molar-refractivity contribution is -0.0349. The highest BCUT2D eigenvalue weighted by Crippen LogP contribution is 2.15. The minimum absolute atomic E-state index is 0.0209. The first-order valence-corrected chi connectivity index (χ1v) is 8.02. The van der Waals surface area contributed by atoms with Gasteiger partial charge < -0.3 is 9.72 Å². The predicted octanol–water partition coefficient (Wildman–Crippen LogP) is 1.84. The Morgan fingerprint density at radius 3 is 3.25 bits per heavy atom. The van der Waals surface area contributed by atoms with Crippen LogP contribution in [0.25, 0.3) is 10.2 Å². The predicted molar refractivity (Wildman–Crippen MR) is 83.1 cm³/mol. The van der Waals surface area contributed by atoms with Crippen molar-refractivity contribution in [2.24, 2.45) is 0 Å². The van der Waals surface area contributed by atoms with Crippen molar-refractivity contribution in [3.8, 4) is 0 Å². The van der Waals surface area contributed by atoms with Crippen LogP contribution in [0.4, 0.5) is 0 Å².